The van der Waals surface area contributed by atoms with E-state index in [2.05, 4.69) is 10.1 Å². The molecular weight excluding hydrogens is 210 g/mol. The monoisotopic (exact) mass is 223 g/mol. The number of hydrogen-bond acceptors (Lipinski definition) is 4. The molecule has 0 aromatic heterocycles. The van der Waals surface area contributed by atoms with Crippen molar-refractivity contribution in [2.75, 3.05) is 12.4 Å². The van der Waals surface area contributed by atoms with Crippen LogP contribution in [0.25, 0.3) is 0 Å². The lowest BCUT2D eigenvalue weighted by molar-refractivity contribution is -0.139. The highest BCUT2D eigenvalue weighted by Gasteiger charge is 2.08. The summed E-state index contributed by atoms with van der Waals surface area (Å²) in [6.07, 6.45) is 0.00266. The van der Waals surface area contributed by atoms with Gasteiger partial charge in [0.1, 0.15) is 5.75 Å². The van der Waals surface area contributed by atoms with Gasteiger partial charge in [-0.15, -0.1) is 0 Å². The Hall–Kier alpha value is -2.04. The smallest absolute Gasteiger partial charge is 0.310 e. The standard InChI is InChI=1S/C11H13NO4/c1-7(13)12-9-4-3-8(10(14)6-9)5-11(15)16-2/h3-4,6,14H,5H2,1-2H3,(H,12,13). The van der Waals surface area contributed by atoms with Crippen LogP contribution >= 0.6 is 0 Å². The van der Waals surface area contributed by atoms with E-state index in [9.17, 15) is 14.7 Å². The number of amides is 1. The predicted octanol–water partition coefficient (Wildman–Crippen LogP) is 1.07. The van der Waals surface area contributed by atoms with Crippen LogP contribution in [0.5, 0.6) is 5.75 Å². The number of carbonyl (C=O) groups is 2. The van der Waals surface area contributed by atoms with E-state index in [1.165, 1.54) is 20.1 Å². The Morgan fingerprint density at radius 1 is 1.44 bits per heavy atom. The number of rotatable bonds is 3. The van der Waals surface area contributed by atoms with Gasteiger partial charge in [0.2, 0.25) is 5.91 Å². The number of benzene rings is 1. The third-order valence-corrected chi connectivity index (χ3v) is 1.97. The Labute approximate surface area is 93.0 Å². The van der Waals surface area contributed by atoms with Gasteiger partial charge in [-0.25, -0.2) is 0 Å². The minimum atomic E-state index is -0.428. The number of methoxy groups -OCH3 is 1. The molecule has 0 unspecified atom stereocenters. The van der Waals surface area contributed by atoms with Crippen molar-refractivity contribution in [3.05, 3.63) is 23.8 Å². The molecule has 86 valence electrons. The molecule has 5 nitrogen and oxygen atoms in total. The lowest BCUT2D eigenvalue weighted by Gasteiger charge is -2.06. The predicted molar refractivity (Wildman–Crippen MR) is 58.1 cm³/mol. The fourth-order valence-corrected chi connectivity index (χ4v) is 1.22. The molecule has 1 amide bonds. The van der Waals surface area contributed by atoms with Gasteiger partial charge < -0.3 is 15.2 Å². The van der Waals surface area contributed by atoms with Crippen molar-refractivity contribution in [1.29, 1.82) is 0 Å². The summed E-state index contributed by atoms with van der Waals surface area (Å²) in [5.74, 6) is -0.695. The summed E-state index contributed by atoms with van der Waals surface area (Å²) in [5, 5.41) is 12.1. The first-order valence-electron chi connectivity index (χ1n) is 4.69. The SMILES string of the molecule is COC(=O)Cc1ccc(NC(C)=O)cc1O. The number of nitrogens with one attached hydrogen (secondary N) is 1. The molecule has 0 aliphatic heterocycles. The summed E-state index contributed by atoms with van der Waals surface area (Å²) >= 11 is 0. The highest BCUT2D eigenvalue weighted by molar-refractivity contribution is 5.89. The third kappa shape index (κ3) is 3.27. The second-order valence-electron chi connectivity index (χ2n) is 3.28. The highest BCUT2D eigenvalue weighted by Crippen LogP contribution is 2.22. The zero-order valence-corrected chi connectivity index (χ0v) is 9.11. The Balaban J connectivity index is 2.83. The Morgan fingerprint density at radius 2 is 2.12 bits per heavy atom. The molecule has 0 spiro atoms. The summed E-state index contributed by atoms with van der Waals surface area (Å²) in [6.45, 7) is 1.37. The van der Waals surface area contributed by atoms with Crippen LogP contribution in [0.15, 0.2) is 18.2 Å². The summed E-state index contributed by atoms with van der Waals surface area (Å²) in [4.78, 5) is 21.8. The average molecular weight is 223 g/mol. The van der Waals surface area contributed by atoms with Crippen molar-refractivity contribution in [3.8, 4) is 5.75 Å². The first-order valence-corrected chi connectivity index (χ1v) is 4.69. The van der Waals surface area contributed by atoms with E-state index in [0.717, 1.165) is 0 Å². The van der Waals surface area contributed by atoms with E-state index in [-0.39, 0.29) is 18.1 Å². The number of hydrogen-bond donors (Lipinski definition) is 2. The van der Waals surface area contributed by atoms with Crippen LogP contribution in [0.4, 0.5) is 5.69 Å². The van der Waals surface area contributed by atoms with E-state index in [1.54, 1.807) is 12.1 Å². The molecular formula is C11H13NO4. The number of esters is 1. The van der Waals surface area contributed by atoms with Crippen LogP contribution in [-0.4, -0.2) is 24.1 Å². The molecule has 5 heteroatoms. The van der Waals surface area contributed by atoms with Gasteiger partial charge in [0.25, 0.3) is 0 Å². The first kappa shape index (κ1) is 12.0. The Morgan fingerprint density at radius 3 is 2.62 bits per heavy atom. The number of anilines is 1. The maximum atomic E-state index is 11.0. The molecule has 0 saturated carbocycles. The van der Waals surface area contributed by atoms with Crippen molar-refractivity contribution in [3.63, 3.8) is 0 Å². The number of aromatic hydroxyl groups is 1. The van der Waals surface area contributed by atoms with E-state index in [0.29, 0.717) is 11.3 Å². The molecule has 0 fully saturated rings. The van der Waals surface area contributed by atoms with Crippen molar-refractivity contribution < 1.29 is 19.4 Å². The largest absolute Gasteiger partial charge is 0.508 e. The van der Waals surface area contributed by atoms with Gasteiger partial charge in [0.15, 0.2) is 0 Å². The van der Waals surface area contributed by atoms with Crippen molar-refractivity contribution in [2.24, 2.45) is 0 Å². The fraction of sp³-hybridized carbons (Fsp3) is 0.273. The molecule has 0 radical (unpaired) electrons. The lowest BCUT2D eigenvalue weighted by atomic mass is 10.1. The van der Waals surface area contributed by atoms with Crippen molar-refractivity contribution in [2.45, 2.75) is 13.3 Å². The van der Waals surface area contributed by atoms with E-state index in [4.69, 9.17) is 0 Å². The maximum Gasteiger partial charge on any atom is 0.310 e. The van der Waals surface area contributed by atoms with Gasteiger partial charge in [-0.1, -0.05) is 6.07 Å². The molecule has 16 heavy (non-hydrogen) atoms. The van der Waals surface area contributed by atoms with E-state index >= 15 is 0 Å². The number of phenols is 1. The number of carbonyl (C=O) groups excluding carboxylic acids is 2. The summed E-state index contributed by atoms with van der Waals surface area (Å²) in [7, 11) is 1.28. The molecule has 0 heterocycles. The van der Waals surface area contributed by atoms with Crippen LogP contribution < -0.4 is 5.32 Å². The molecule has 0 aliphatic rings. The number of phenolic OH excluding ortho intramolecular Hbond substituents is 1. The zero-order valence-electron chi connectivity index (χ0n) is 9.11. The third-order valence-electron chi connectivity index (χ3n) is 1.97. The molecule has 0 saturated heterocycles. The molecule has 1 rings (SSSR count). The van der Waals surface area contributed by atoms with Gasteiger partial charge in [-0.2, -0.15) is 0 Å². The molecule has 0 atom stereocenters. The molecule has 0 aliphatic carbocycles. The van der Waals surface area contributed by atoms with Crippen molar-refractivity contribution in [1.82, 2.24) is 0 Å². The molecule has 2 N–H and O–H groups in total. The summed E-state index contributed by atoms with van der Waals surface area (Å²) in [5.41, 5.74) is 0.944. The highest BCUT2D eigenvalue weighted by atomic mass is 16.5. The van der Waals surface area contributed by atoms with Crippen molar-refractivity contribution >= 4 is 17.6 Å². The summed E-state index contributed by atoms with van der Waals surface area (Å²) in [6, 6.07) is 4.57. The minimum absolute atomic E-state index is 0.00266. The average Bonchev–Trinajstić information content (AvgIpc) is 2.21. The van der Waals surface area contributed by atoms with E-state index < -0.39 is 5.97 Å². The van der Waals surface area contributed by atoms with Crippen LogP contribution in [0.1, 0.15) is 12.5 Å². The normalized spacial score (nSPS) is 9.62. The summed E-state index contributed by atoms with van der Waals surface area (Å²) < 4.78 is 4.48. The van der Waals surface area contributed by atoms with Crippen LogP contribution in [0.3, 0.4) is 0 Å². The zero-order chi connectivity index (χ0) is 12.1. The van der Waals surface area contributed by atoms with Gasteiger partial charge in [0, 0.05) is 24.2 Å². The second-order valence-corrected chi connectivity index (χ2v) is 3.28. The molecule has 1 aromatic rings. The van der Waals surface area contributed by atoms with Gasteiger partial charge >= 0.3 is 5.97 Å². The van der Waals surface area contributed by atoms with Crippen LogP contribution in [-0.2, 0) is 20.7 Å². The van der Waals surface area contributed by atoms with Gasteiger partial charge in [0.05, 0.1) is 13.5 Å². The van der Waals surface area contributed by atoms with E-state index in [1.807, 2.05) is 0 Å². The molecule has 1 aromatic carbocycles. The second kappa shape index (κ2) is 5.16. The lowest BCUT2D eigenvalue weighted by Crippen LogP contribution is -2.07. The topological polar surface area (TPSA) is 75.6 Å². The molecule has 0 bridgehead atoms. The van der Waals surface area contributed by atoms with Gasteiger partial charge in [-0.3, -0.25) is 9.59 Å². The Kier molecular flexibility index (Phi) is 3.88. The quantitative estimate of drug-likeness (QED) is 0.751. The maximum absolute atomic E-state index is 11.0. The first-order chi connectivity index (χ1) is 7.52. The van der Waals surface area contributed by atoms with Crippen LogP contribution in [0, 0.1) is 0 Å². The Bertz CT molecular complexity index is 414. The minimum Gasteiger partial charge on any atom is -0.508 e. The fourth-order valence-electron chi connectivity index (χ4n) is 1.22. The number of ether oxygens (including phenoxy) is 1. The van der Waals surface area contributed by atoms with Gasteiger partial charge in [-0.05, 0) is 6.07 Å². The van der Waals surface area contributed by atoms with Crippen LogP contribution in [0.2, 0.25) is 0 Å².